The van der Waals surface area contributed by atoms with E-state index in [4.69, 9.17) is 0 Å². The molecule has 0 unspecified atom stereocenters. The molecule has 83 heavy (non-hydrogen) atoms. The first kappa shape index (κ1) is 53.8. The van der Waals surface area contributed by atoms with E-state index < -0.39 is 0 Å². The van der Waals surface area contributed by atoms with Gasteiger partial charge in [0.25, 0.3) is 6.71 Å². The zero-order valence-corrected chi connectivity index (χ0v) is 51.1. The molecule has 0 radical (unpaired) electrons. The summed E-state index contributed by atoms with van der Waals surface area (Å²) in [4.78, 5) is 7.71. The lowest BCUT2D eigenvalue weighted by Crippen LogP contribution is -2.61. The Labute approximate surface area is 493 Å². The number of para-hydroxylation sites is 2. The van der Waals surface area contributed by atoms with Crippen molar-refractivity contribution < 1.29 is 0 Å². The summed E-state index contributed by atoms with van der Waals surface area (Å²) in [6.07, 6.45) is 0. The number of nitrogens with zero attached hydrogens (tertiary/aromatic N) is 4. The number of benzene rings is 10. The predicted octanol–water partition coefficient (Wildman–Crippen LogP) is 19.8. The van der Waals surface area contributed by atoms with E-state index >= 15 is 0 Å². The molecule has 4 nitrogen and oxygen atoms in total. The molecular weight excluding hydrogens is 1000 g/mol. The van der Waals surface area contributed by atoms with E-state index in [0.717, 1.165) is 28.4 Å². The zero-order chi connectivity index (χ0) is 58.1. The monoisotopic (exact) mass is 1080 g/mol. The fourth-order valence-electron chi connectivity index (χ4n) is 13.3. The number of hydrogen-bond donors (Lipinski definition) is 0. The highest BCUT2D eigenvalue weighted by Gasteiger charge is 2.45. The van der Waals surface area contributed by atoms with Crippen LogP contribution in [0.15, 0.2) is 212 Å². The quantitative estimate of drug-likeness (QED) is 0.148. The Bertz CT molecular complexity index is 4290. The Morgan fingerprint density at radius 1 is 0.337 bits per heavy atom. The Balaban J connectivity index is 1.10. The third-order valence-electron chi connectivity index (χ3n) is 17.8. The molecule has 3 heterocycles. The molecule has 10 aromatic carbocycles. The zero-order valence-electron chi connectivity index (χ0n) is 51.1. The summed E-state index contributed by atoms with van der Waals surface area (Å²) in [7, 11) is 0. The summed E-state index contributed by atoms with van der Waals surface area (Å²) >= 11 is 0. The molecule has 2 aliphatic heterocycles. The fourth-order valence-corrected chi connectivity index (χ4v) is 13.3. The summed E-state index contributed by atoms with van der Waals surface area (Å²) in [5.74, 6) is 0. The van der Waals surface area contributed by atoms with Gasteiger partial charge < -0.3 is 19.3 Å². The minimum atomic E-state index is -0.174. The maximum atomic E-state index is 2.61. The SMILES string of the molecule is Cc1cc(N2c3ccc(C(C)(C)C)cc3B3c4ccc(N(c5ccc(C(C)(C)C)cc5)c5ccc6c7ccccc7n(-c7ccccc7)c6c5)cc4N(c4ccc(C(C)(C)C)cc4)c4cc(C(C)(C)C)cc2c43)cc(C)c1-c1ccccc1. The average molecular weight is 1080 g/mol. The summed E-state index contributed by atoms with van der Waals surface area (Å²) in [5.41, 5.74) is 27.9. The van der Waals surface area contributed by atoms with Crippen molar-refractivity contribution >= 4 is 96.1 Å². The molecule has 412 valence electrons. The third-order valence-corrected chi connectivity index (χ3v) is 17.8. The standard InChI is InChI=1S/C78H77BN4/c1-50-43-62(44-51(2)73(50)52-23-17-15-18-24-52)83-68-42-33-55(77(9,10)11)45-66(68)79-65-41-39-61(49-70(65)82(59-36-31-54(32-37-59)76(6,7)8)71-46-56(78(12,13)14)47-72(83)74(71)79)80(58-34-29-53(30-35-58)75(3,4)5)60-38-40-64-63-27-21-22-28-67(63)81(69(64)48-60)57-25-19-16-20-26-57/h15-49H,1-14H3. The van der Waals surface area contributed by atoms with Gasteiger partial charge in [-0.15, -0.1) is 0 Å². The number of rotatable bonds is 7. The van der Waals surface area contributed by atoms with Crippen LogP contribution in [0.5, 0.6) is 0 Å². The van der Waals surface area contributed by atoms with Crippen LogP contribution in [0.3, 0.4) is 0 Å². The van der Waals surface area contributed by atoms with Crippen molar-refractivity contribution in [1.82, 2.24) is 4.57 Å². The minimum absolute atomic E-state index is 0.00605. The lowest BCUT2D eigenvalue weighted by atomic mass is 9.33. The van der Waals surface area contributed by atoms with Crippen molar-refractivity contribution in [2.24, 2.45) is 0 Å². The van der Waals surface area contributed by atoms with Crippen LogP contribution in [0.4, 0.5) is 51.2 Å². The van der Waals surface area contributed by atoms with Crippen LogP contribution in [0.2, 0.25) is 0 Å². The third kappa shape index (κ3) is 9.24. The van der Waals surface area contributed by atoms with Gasteiger partial charge in [0.15, 0.2) is 0 Å². The molecular formula is C78H77BN4. The van der Waals surface area contributed by atoms with Crippen LogP contribution in [-0.2, 0) is 21.7 Å². The number of aromatic nitrogens is 1. The van der Waals surface area contributed by atoms with E-state index in [2.05, 4.69) is 329 Å². The van der Waals surface area contributed by atoms with E-state index in [9.17, 15) is 0 Å². The van der Waals surface area contributed by atoms with Gasteiger partial charge in [-0.2, -0.15) is 0 Å². The van der Waals surface area contributed by atoms with Crippen LogP contribution in [-0.4, -0.2) is 11.3 Å². The number of aryl methyl sites for hydroxylation is 2. The molecule has 0 amide bonds. The van der Waals surface area contributed by atoms with Gasteiger partial charge in [0.05, 0.1) is 11.0 Å². The number of hydrogen-bond acceptors (Lipinski definition) is 3. The summed E-state index contributed by atoms with van der Waals surface area (Å²) in [6.45, 7) is 32.5. The summed E-state index contributed by atoms with van der Waals surface area (Å²) in [5, 5.41) is 2.47. The molecule has 0 saturated carbocycles. The van der Waals surface area contributed by atoms with Crippen molar-refractivity contribution in [3.05, 3.63) is 246 Å². The molecule has 0 atom stereocenters. The second kappa shape index (κ2) is 19.6. The molecule has 0 fully saturated rings. The fraction of sp³-hybridized carbons (Fsp3) is 0.231. The van der Waals surface area contributed by atoms with E-state index in [1.54, 1.807) is 0 Å². The summed E-state index contributed by atoms with van der Waals surface area (Å²) in [6, 6.07) is 81.0. The first-order chi connectivity index (χ1) is 39.5. The highest BCUT2D eigenvalue weighted by atomic mass is 15.2. The van der Waals surface area contributed by atoms with Gasteiger partial charge in [-0.05, 0) is 193 Å². The van der Waals surface area contributed by atoms with Crippen LogP contribution >= 0.6 is 0 Å². The van der Waals surface area contributed by atoms with Crippen LogP contribution < -0.4 is 31.1 Å². The first-order valence-corrected chi connectivity index (χ1v) is 29.9. The molecule has 5 heteroatoms. The van der Waals surface area contributed by atoms with Crippen LogP contribution in [0.25, 0.3) is 38.6 Å². The molecule has 0 saturated heterocycles. The predicted molar refractivity (Wildman–Crippen MR) is 359 cm³/mol. The van der Waals surface area contributed by atoms with Gasteiger partial charge in [0.2, 0.25) is 0 Å². The Morgan fingerprint density at radius 2 is 0.843 bits per heavy atom. The number of anilines is 9. The normalized spacial score (nSPS) is 13.3. The maximum absolute atomic E-state index is 2.61. The van der Waals surface area contributed by atoms with E-state index in [1.807, 2.05) is 0 Å². The highest BCUT2D eigenvalue weighted by molar-refractivity contribution is 7.00. The lowest BCUT2D eigenvalue weighted by molar-refractivity contribution is 0.590. The molecule has 0 spiro atoms. The molecule has 2 aliphatic rings. The van der Waals surface area contributed by atoms with Crippen LogP contribution in [0, 0.1) is 13.8 Å². The van der Waals surface area contributed by atoms with Gasteiger partial charge in [-0.3, -0.25) is 0 Å². The lowest BCUT2D eigenvalue weighted by Gasteiger charge is -2.46. The molecule has 13 rings (SSSR count). The van der Waals surface area contributed by atoms with Gasteiger partial charge in [-0.25, -0.2) is 0 Å². The topological polar surface area (TPSA) is 14.7 Å². The molecule has 1 aromatic heterocycles. The van der Waals surface area contributed by atoms with Crippen molar-refractivity contribution in [2.75, 3.05) is 14.7 Å². The highest BCUT2D eigenvalue weighted by Crippen LogP contribution is 2.50. The molecule has 0 aliphatic carbocycles. The first-order valence-electron chi connectivity index (χ1n) is 29.9. The molecule has 0 N–H and O–H groups in total. The minimum Gasteiger partial charge on any atom is -0.311 e. The van der Waals surface area contributed by atoms with Crippen molar-refractivity contribution in [3.8, 4) is 16.8 Å². The van der Waals surface area contributed by atoms with Gasteiger partial charge in [0, 0.05) is 67.6 Å². The molecule has 11 aromatic rings. The van der Waals surface area contributed by atoms with Crippen molar-refractivity contribution in [2.45, 2.75) is 119 Å². The summed E-state index contributed by atoms with van der Waals surface area (Å²) < 4.78 is 2.43. The Kier molecular flexibility index (Phi) is 12.7. The van der Waals surface area contributed by atoms with E-state index in [0.29, 0.717) is 0 Å². The van der Waals surface area contributed by atoms with Gasteiger partial charge >= 0.3 is 0 Å². The van der Waals surface area contributed by atoms with Crippen LogP contribution in [0.1, 0.15) is 116 Å². The van der Waals surface area contributed by atoms with Gasteiger partial charge in [0.1, 0.15) is 0 Å². The average Bonchev–Trinajstić information content (AvgIpc) is 1.82. The smallest absolute Gasteiger partial charge is 0.252 e. The van der Waals surface area contributed by atoms with Crippen molar-refractivity contribution in [3.63, 3.8) is 0 Å². The number of fused-ring (bicyclic) bond motifs is 7. The Morgan fingerprint density at radius 3 is 1.46 bits per heavy atom. The maximum Gasteiger partial charge on any atom is 0.252 e. The molecule has 0 bridgehead atoms. The van der Waals surface area contributed by atoms with Crippen molar-refractivity contribution in [1.29, 1.82) is 0 Å². The second-order valence-electron chi connectivity index (χ2n) is 27.7. The van der Waals surface area contributed by atoms with Gasteiger partial charge in [-0.1, -0.05) is 198 Å². The largest absolute Gasteiger partial charge is 0.311 e. The van der Waals surface area contributed by atoms with E-state index in [-0.39, 0.29) is 28.4 Å². The second-order valence-corrected chi connectivity index (χ2v) is 27.7. The Hall–Kier alpha value is -8.54. The van der Waals surface area contributed by atoms with E-state index in [1.165, 1.54) is 111 Å².